The van der Waals surface area contributed by atoms with Crippen molar-refractivity contribution in [3.8, 4) is 5.75 Å². The lowest BCUT2D eigenvalue weighted by Gasteiger charge is -2.04. The number of aromatic amines is 1. The number of nitrogens with one attached hydrogen (secondary N) is 1. The van der Waals surface area contributed by atoms with Crippen LogP contribution < -0.4 is 9.72 Å². The van der Waals surface area contributed by atoms with Crippen molar-refractivity contribution in [2.24, 2.45) is 0 Å². The van der Waals surface area contributed by atoms with Crippen LogP contribution in [-0.4, -0.2) is 5.11 Å². The number of H-pyrrole nitrogens is 1. The molecule has 0 radical (unpaired) electrons. The van der Waals surface area contributed by atoms with Crippen LogP contribution >= 0.6 is 0 Å². The van der Waals surface area contributed by atoms with Crippen molar-refractivity contribution in [1.82, 2.24) is 0 Å². The molecular formula is C14H16NO2+. The van der Waals surface area contributed by atoms with Gasteiger partial charge >= 0.3 is 0 Å². The van der Waals surface area contributed by atoms with E-state index in [4.69, 9.17) is 9.84 Å². The summed E-state index contributed by atoms with van der Waals surface area (Å²) in [6, 6.07) is 13.8. The highest BCUT2D eigenvalue weighted by molar-refractivity contribution is 5.21. The zero-order valence-corrected chi connectivity index (χ0v) is 9.54. The third-order valence-corrected chi connectivity index (χ3v) is 1.94. The van der Waals surface area contributed by atoms with Gasteiger partial charge in [0, 0.05) is 17.7 Å². The molecule has 0 aliphatic carbocycles. The third kappa shape index (κ3) is 5.37. The topological polar surface area (TPSA) is 43.6 Å². The number of para-hydroxylation sites is 1. The Hall–Kier alpha value is -2.29. The minimum atomic E-state index is 0.610. The molecule has 17 heavy (non-hydrogen) atoms. The van der Waals surface area contributed by atoms with E-state index in [0.717, 1.165) is 17.6 Å². The zero-order valence-electron chi connectivity index (χ0n) is 9.54. The fourth-order valence-corrected chi connectivity index (χ4v) is 1.20. The van der Waals surface area contributed by atoms with Crippen LogP contribution in [0.4, 0.5) is 0 Å². The molecule has 1 aromatic carbocycles. The summed E-state index contributed by atoms with van der Waals surface area (Å²) in [5, 5.41) is 7.33. The lowest BCUT2D eigenvalue weighted by atomic mass is 10.3. The van der Waals surface area contributed by atoms with Crippen molar-refractivity contribution in [3.63, 3.8) is 0 Å². The second-order valence-corrected chi connectivity index (χ2v) is 3.19. The van der Waals surface area contributed by atoms with Crippen LogP contribution in [0.3, 0.4) is 0 Å². The first-order valence-corrected chi connectivity index (χ1v) is 5.24. The highest BCUT2D eigenvalue weighted by Gasteiger charge is 1.94. The van der Waals surface area contributed by atoms with Crippen LogP contribution in [-0.2, 0) is 6.61 Å². The summed E-state index contributed by atoms with van der Waals surface area (Å²) in [4.78, 5) is 2.98. The molecule has 0 amide bonds. The summed E-state index contributed by atoms with van der Waals surface area (Å²) in [6.07, 6.45) is 4.54. The van der Waals surface area contributed by atoms with E-state index in [2.05, 4.69) is 11.6 Å². The Morgan fingerprint density at radius 3 is 2.29 bits per heavy atom. The number of benzene rings is 1. The fourth-order valence-electron chi connectivity index (χ4n) is 1.20. The molecule has 0 unspecified atom stereocenters. The standard InChI is InChI=1S/C12H11NO.C2H4O/c1-2-4-12(5-3-1)14-10-11-6-8-13-9-7-11;1-2-3/h1-9H,10H2;2-3H,1H2/p+1. The molecule has 2 rings (SSSR count). The van der Waals surface area contributed by atoms with Crippen LogP contribution in [0, 0.1) is 0 Å². The van der Waals surface area contributed by atoms with E-state index < -0.39 is 0 Å². The summed E-state index contributed by atoms with van der Waals surface area (Å²) in [5.41, 5.74) is 1.16. The molecule has 0 spiro atoms. The van der Waals surface area contributed by atoms with Gasteiger partial charge in [-0.05, 0) is 12.1 Å². The number of aromatic nitrogens is 1. The maximum Gasteiger partial charge on any atom is 0.167 e. The van der Waals surface area contributed by atoms with Crippen molar-refractivity contribution >= 4 is 0 Å². The van der Waals surface area contributed by atoms with Crippen LogP contribution in [0.5, 0.6) is 5.75 Å². The molecule has 1 aromatic heterocycles. The lowest BCUT2D eigenvalue weighted by Crippen LogP contribution is -2.01. The Kier molecular flexibility index (Phi) is 5.96. The highest BCUT2D eigenvalue weighted by Crippen LogP contribution is 2.10. The molecule has 3 heteroatoms. The van der Waals surface area contributed by atoms with Crippen LogP contribution in [0.25, 0.3) is 0 Å². The van der Waals surface area contributed by atoms with Gasteiger partial charge in [-0.15, -0.1) is 0 Å². The number of hydrogen-bond donors (Lipinski definition) is 1. The van der Waals surface area contributed by atoms with Crippen molar-refractivity contribution in [2.45, 2.75) is 6.61 Å². The van der Waals surface area contributed by atoms with Gasteiger partial charge in [0.1, 0.15) is 12.4 Å². The highest BCUT2D eigenvalue weighted by atomic mass is 16.5. The molecule has 88 valence electrons. The van der Waals surface area contributed by atoms with Gasteiger partial charge in [0.25, 0.3) is 0 Å². The van der Waals surface area contributed by atoms with Crippen LogP contribution in [0.1, 0.15) is 5.56 Å². The quantitative estimate of drug-likeness (QED) is 0.824. The molecule has 0 saturated carbocycles. The number of ether oxygens (including phenoxy) is 1. The van der Waals surface area contributed by atoms with E-state index in [-0.39, 0.29) is 0 Å². The van der Waals surface area contributed by atoms with E-state index in [9.17, 15) is 0 Å². The smallest absolute Gasteiger partial charge is 0.167 e. The molecule has 3 nitrogen and oxygen atoms in total. The lowest BCUT2D eigenvalue weighted by molar-refractivity contribution is -0.378. The molecule has 0 bridgehead atoms. The first-order chi connectivity index (χ1) is 8.36. The van der Waals surface area contributed by atoms with E-state index >= 15 is 0 Å². The minimum absolute atomic E-state index is 0.610. The van der Waals surface area contributed by atoms with Crippen molar-refractivity contribution in [2.75, 3.05) is 0 Å². The second kappa shape index (κ2) is 7.93. The zero-order chi connectivity index (χ0) is 12.3. The molecule has 0 fully saturated rings. The molecule has 0 aliphatic rings. The minimum Gasteiger partial charge on any atom is -0.516 e. The first-order valence-electron chi connectivity index (χ1n) is 5.24. The Bertz CT molecular complexity index is 375. The molecule has 2 N–H and O–H groups in total. The summed E-state index contributed by atoms with van der Waals surface area (Å²) >= 11 is 0. The van der Waals surface area contributed by atoms with Gasteiger partial charge in [-0.25, -0.2) is 4.98 Å². The normalized spacial score (nSPS) is 8.71. The molecule has 0 aliphatic heterocycles. The molecule has 2 aromatic rings. The molecule has 1 heterocycles. The largest absolute Gasteiger partial charge is 0.516 e. The SMILES string of the molecule is C=CO.c1ccc(OCc2cc[nH+]cc2)cc1. The molecule has 0 saturated heterocycles. The van der Waals surface area contributed by atoms with Gasteiger partial charge in [0.05, 0.1) is 6.26 Å². The van der Waals surface area contributed by atoms with Crippen molar-refractivity contribution in [3.05, 3.63) is 73.3 Å². The second-order valence-electron chi connectivity index (χ2n) is 3.19. The van der Waals surface area contributed by atoms with Gasteiger partial charge in [-0.3, -0.25) is 0 Å². The van der Waals surface area contributed by atoms with Crippen molar-refractivity contribution in [1.29, 1.82) is 0 Å². The van der Waals surface area contributed by atoms with Crippen LogP contribution in [0.15, 0.2) is 67.7 Å². The summed E-state index contributed by atoms with van der Waals surface area (Å²) < 4.78 is 5.58. The Balaban J connectivity index is 0.000000437. The van der Waals surface area contributed by atoms with Gasteiger partial charge in [-0.1, -0.05) is 24.8 Å². The predicted molar refractivity (Wildman–Crippen MR) is 66.6 cm³/mol. The maximum atomic E-state index is 7.33. The Morgan fingerprint density at radius 2 is 1.71 bits per heavy atom. The average Bonchev–Trinajstić information content (AvgIpc) is 2.40. The number of aliphatic hydroxyl groups is 1. The Labute approximate surface area is 101 Å². The van der Waals surface area contributed by atoms with Crippen molar-refractivity contribution < 1.29 is 14.8 Å². The van der Waals surface area contributed by atoms with E-state index in [1.165, 1.54) is 0 Å². The first kappa shape index (κ1) is 12.8. The van der Waals surface area contributed by atoms with E-state index in [1.54, 1.807) is 0 Å². The van der Waals surface area contributed by atoms with E-state index in [0.29, 0.717) is 6.61 Å². The summed E-state index contributed by atoms with van der Waals surface area (Å²) in [5.74, 6) is 0.903. The average molecular weight is 230 g/mol. The monoisotopic (exact) mass is 230 g/mol. The van der Waals surface area contributed by atoms with Gasteiger partial charge in [0.15, 0.2) is 12.4 Å². The maximum absolute atomic E-state index is 7.33. The third-order valence-electron chi connectivity index (χ3n) is 1.94. The molecule has 0 atom stereocenters. The van der Waals surface area contributed by atoms with E-state index in [1.807, 2.05) is 54.9 Å². The number of rotatable bonds is 3. The Morgan fingerprint density at radius 1 is 1.12 bits per heavy atom. The van der Waals surface area contributed by atoms with Gasteiger partial charge in [0.2, 0.25) is 0 Å². The van der Waals surface area contributed by atoms with Gasteiger partial charge < -0.3 is 9.84 Å². The number of pyridine rings is 1. The fraction of sp³-hybridized carbons (Fsp3) is 0.0714. The summed E-state index contributed by atoms with van der Waals surface area (Å²) in [7, 11) is 0. The number of hydrogen-bond acceptors (Lipinski definition) is 2. The molecular weight excluding hydrogens is 214 g/mol. The van der Waals surface area contributed by atoms with Crippen LogP contribution in [0.2, 0.25) is 0 Å². The summed E-state index contributed by atoms with van der Waals surface area (Å²) in [6.45, 7) is 3.53. The predicted octanol–water partition coefficient (Wildman–Crippen LogP) is 2.77. The van der Waals surface area contributed by atoms with Gasteiger partial charge in [-0.2, -0.15) is 0 Å². The number of aliphatic hydroxyl groups excluding tert-OH is 1.